The minimum absolute atomic E-state index is 0.0347. The molecule has 1 aromatic carbocycles. The van der Waals surface area contributed by atoms with Gasteiger partial charge in [0.25, 0.3) is 0 Å². The van der Waals surface area contributed by atoms with E-state index >= 15 is 0 Å². The number of carbonyl (C=O) groups is 1. The first-order chi connectivity index (χ1) is 7.80. The average molecular weight is 259 g/mol. The van der Waals surface area contributed by atoms with Crippen LogP contribution < -0.4 is 0 Å². The summed E-state index contributed by atoms with van der Waals surface area (Å²) in [4.78, 5) is 11.5. The molecule has 0 aliphatic rings. The second kappa shape index (κ2) is 5.27. The number of carbonyl (C=O) groups excluding carboxylic acids is 1. The monoisotopic (exact) mass is 259 g/mol. The summed E-state index contributed by atoms with van der Waals surface area (Å²) < 4.78 is 35.7. The highest BCUT2D eigenvalue weighted by Crippen LogP contribution is 2.08. The van der Waals surface area contributed by atoms with Crippen LogP contribution in [0.5, 0.6) is 0 Å². The number of hydrogen-bond donors (Lipinski definition) is 0. The van der Waals surface area contributed by atoms with Gasteiger partial charge in [-0.25, -0.2) is 17.1 Å². The van der Waals surface area contributed by atoms with Crippen LogP contribution in [0.3, 0.4) is 0 Å². The minimum Gasteiger partial charge on any atom is -0.274 e. The van der Waals surface area contributed by atoms with E-state index in [-0.39, 0.29) is 12.2 Å². The van der Waals surface area contributed by atoms with Crippen LogP contribution in [0.2, 0.25) is 0 Å². The van der Waals surface area contributed by atoms with Crippen LogP contribution >= 0.6 is 0 Å². The number of aryl methyl sites for hydroxylation is 1. The van der Waals surface area contributed by atoms with Crippen molar-refractivity contribution in [2.75, 3.05) is 13.3 Å². The Hall–Kier alpha value is -1.43. The highest BCUT2D eigenvalue weighted by atomic mass is 32.2. The van der Waals surface area contributed by atoms with Crippen LogP contribution in [-0.4, -0.2) is 31.9 Å². The van der Waals surface area contributed by atoms with Gasteiger partial charge >= 0.3 is 0 Å². The first kappa shape index (κ1) is 13.6. The second-order valence-corrected chi connectivity index (χ2v) is 5.77. The zero-order valence-corrected chi connectivity index (χ0v) is 10.5. The lowest BCUT2D eigenvalue weighted by Crippen LogP contribution is -2.32. The maximum Gasteiger partial charge on any atom is 0.236 e. The van der Waals surface area contributed by atoms with Crippen LogP contribution in [-0.2, 0) is 21.2 Å². The molecule has 0 aliphatic carbocycles. The van der Waals surface area contributed by atoms with Crippen LogP contribution in [0.1, 0.15) is 12.0 Å². The van der Waals surface area contributed by atoms with E-state index < -0.39 is 15.9 Å². The minimum atomic E-state index is -3.50. The topological polar surface area (TPSA) is 54.5 Å². The molecular formula is C11H14FNO3S. The van der Waals surface area contributed by atoms with Crippen molar-refractivity contribution in [3.8, 4) is 0 Å². The zero-order chi connectivity index (χ0) is 13.1. The molecule has 6 heteroatoms. The van der Waals surface area contributed by atoms with E-state index in [1.54, 1.807) is 12.1 Å². The van der Waals surface area contributed by atoms with Crippen LogP contribution in [0, 0.1) is 5.82 Å². The SMILES string of the molecule is CN(C(=O)CCc1cccc(F)c1)S(C)(=O)=O. The van der Waals surface area contributed by atoms with Gasteiger partial charge in [-0.1, -0.05) is 12.1 Å². The molecule has 0 bridgehead atoms. The lowest BCUT2D eigenvalue weighted by molar-refractivity contribution is -0.125. The maximum atomic E-state index is 12.8. The van der Waals surface area contributed by atoms with Crippen LogP contribution in [0.4, 0.5) is 4.39 Å². The first-order valence-electron chi connectivity index (χ1n) is 5.02. The molecule has 0 aliphatic heterocycles. The van der Waals surface area contributed by atoms with Gasteiger partial charge in [-0.3, -0.25) is 4.79 Å². The lowest BCUT2D eigenvalue weighted by atomic mass is 10.1. The average Bonchev–Trinajstić information content (AvgIpc) is 2.23. The number of benzene rings is 1. The van der Waals surface area contributed by atoms with Gasteiger partial charge in [0.15, 0.2) is 0 Å². The molecule has 0 radical (unpaired) electrons. The molecule has 1 aromatic rings. The maximum absolute atomic E-state index is 12.8. The Kier molecular flexibility index (Phi) is 4.22. The van der Waals surface area contributed by atoms with E-state index in [4.69, 9.17) is 0 Å². The predicted octanol–water partition coefficient (Wildman–Crippen LogP) is 1.18. The summed E-state index contributed by atoms with van der Waals surface area (Å²) >= 11 is 0. The molecule has 0 saturated heterocycles. The highest BCUT2D eigenvalue weighted by molar-refractivity contribution is 7.88. The summed E-state index contributed by atoms with van der Waals surface area (Å²) in [6.45, 7) is 0. The smallest absolute Gasteiger partial charge is 0.236 e. The molecule has 1 rings (SSSR count). The summed E-state index contributed by atoms with van der Waals surface area (Å²) in [5.74, 6) is -0.872. The number of hydrogen-bond acceptors (Lipinski definition) is 3. The standard InChI is InChI=1S/C11H14FNO3S/c1-13(17(2,15)16)11(14)7-6-9-4-3-5-10(12)8-9/h3-5,8H,6-7H2,1-2H3. The van der Waals surface area contributed by atoms with Crippen molar-refractivity contribution in [2.24, 2.45) is 0 Å². The third kappa shape index (κ3) is 4.14. The molecule has 0 fully saturated rings. The number of halogens is 1. The third-order valence-electron chi connectivity index (χ3n) is 2.37. The van der Waals surface area contributed by atoms with Crippen molar-refractivity contribution in [3.63, 3.8) is 0 Å². The third-order valence-corrected chi connectivity index (χ3v) is 3.56. The largest absolute Gasteiger partial charge is 0.274 e. The Morgan fingerprint density at radius 2 is 2.06 bits per heavy atom. The Morgan fingerprint density at radius 1 is 1.41 bits per heavy atom. The highest BCUT2D eigenvalue weighted by Gasteiger charge is 2.17. The summed E-state index contributed by atoms with van der Waals surface area (Å²) in [7, 11) is -2.29. The van der Waals surface area contributed by atoms with Gasteiger partial charge in [-0.15, -0.1) is 0 Å². The number of amides is 1. The van der Waals surface area contributed by atoms with E-state index in [9.17, 15) is 17.6 Å². The number of sulfonamides is 1. The summed E-state index contributed by atoms with van der Waals surface area (Å²) in [6.07, 6.45) is 1.32. The molecule has 0 spiro atoms. The molecule has 17 heavy (non-hydrogen) atoms. The van der Waals surface area contributed by atoms with Gasteiger partial charge in [0.1, 0.15) is 5.82 Å². The molecular weight excluding hydrogens is 245 g/mol. The second-order valence-electron chi connectivity index (χ2n) is 3.75. The lowest BCUT2D eigenvalue weighted by Gasteiger charge is -2.14. The summed E-state index contributed by atoms with van der Waals surface area (Å²) in [5, 5.41) is 0. The Bertz CT molecular complexity index is 513. The predicted molar refractivity (Wildman–Crippen MR) is 62.3 cm³/mol. The molecule has 0 N–H and O–H groups in total. The van der Waals surface area contributed by atoms with E-state index in [0.717, 1.165) is 6.26 Å². The quantitative estimate of drug-likeness (QED) is 0.815. The van der Waals surface area contributed by atoms with Gasteiger partial charge in [0.05, 0.1) is 6.26 Å². The Balaban J connectivity index is 2.60. The summed E-state index contributed by atoms with van der Waals surface area (Å²) in [6, 6.07) is 5.88. The zero-order valence-electron chi connectivity index (χ0n) is 9.68. The van der Waals surface area contributed by atoms with Gasteiger partial charge < -0.3 is 0 Å². The van der Waals surface area contributed by atoms with Crippen LogP contribution in [0.15, 0.2) is 24.3 Å². The van der Waals surface area contributed by atoms with Crippen LogP contribution in [0.25, 0.3) is 0 Å². The van der Waals surface area contributed by atoms with Crippen molar-refractivity contribution in [1.82, 2.24) is 4.31 Å². The Labute approximate surface area is 100 Å². The molecule has 0 aromatic heterocycles. The normalized spacial score (nSPS) is 11.2. The molecule has 94 valence electrons. The van der Waals surface area contributed by atoms with Crippen molar-refractivity contribution < 1.29 is 17.6 Å². The number of nitrogens with zero attached hydrogens (tertiary/aromatic N) is 1. The van der Waals surface area contributed by atoms with Gasteiger partial charge in [0, 0.05) is 13.5 Å². The van der Waals surface area contributed by atoms with E-state index in [0.29, 0.717) is 16.3 Å². The molecule has 0 saturated carbocycles. The van der Waals surface area contributed by atoms with E-state index in [1.807, 2.05) is 0 Å². The Morgan fingerprint density at radius 3 is 2.59 bits per heavy atom. The van der Waals surface area contributed by atoms with Gasteiger partial charge in [-0.2, -0.15) is 0 Å². The fraction of sp³-hybridized carbons (Fsp3) is 0.364. The molecule has 0 unspecified atom stereocenters. The van der Waals surface area contributed by atoms with Crippen molar-refractivity contribution in [2.45, 2.75) is 12.8 Å². The van der Waals surface area contributed by atoms with E-state index in [2.05, 4.69) is 0 Å². The van der Waals surface area contributed by atoms with Gasteiger partial charge in [0.2, 0.25) is 15.9 Å². The van der Waals surface area contributed by atoms with Crippen molar-refractivity contribution in [1.29, 1.82) is 0 Å². The van der Waals surface area contributed by atoms with E-state index in [1.165, 1.54) is 19.2 Å². The summed E-state index contributed by atoms with van der Waals surface area (Å²) in [5.41, 5.74) is 0.667. The molecule has 0 heterocycles. The van der Waals surface area contributed by atoms with Crippen molar-refractivity contribution in [3.05, 3.63) is 35.6 Å². The van der Waals surface area contributed by atoms with Gasteiger partial charge in [-0.05, 0) is 24.1 Å². The molecule has 1 amide bonds. The first-order valence-corrected chi connectivity index (χ1v) is 6.86. The molecule has 4 nitrogen and oxygen atoms in total. The molecule has 0 atom stereocenters. The van der Waals surface area contributed by atoms with Crippen molar-refractivity contribution >= 4 is 15.9 Å². The number of rotatable bonds is 4. The fourth-order valence-electron chi connectivity index (χ4n) is 1.29. The fourth-order valence-corrected chi connectivity index (χ4v) is 1.75.